The normalized spacial score (nSPS) is 14.6. The molecule has 4 aromatic carbocycles. The van der Waals surface area contributed by atoms with Gasteiger partial charge in [0.15, 0.2) is 0 Å². The van der Waals surface area contributed by atoms with Crippen molar-refractivity contribution in [2.75, 3.05) is 32.2 Å². The van der Waals surface area contributed by atoms with Crippen LogP contribution in [0.4, 0.5) is 5.13 Å². The molecule has 18 heteroatoms. The molecule has 0 aliphatic heterocycles. The SMILES string of the molecule is C=CC(=O)OCOc1ccc(OC(=O)CCCC(CCC)C(=O)OCCc2ccc(OC(=O)C3CCC(C(=O)Oc4ccc(OCOC(=O)C=C)cc4)CC3)c(/C=N/N(C)c3nc4ccccc4s3)c2)cc1. The van der Waals surface area contributed by atoms with Gasteiger partial charge in [-0.25, -0.2) is 19.6 Å². The summed E-state index contributed by atoms with van der Waals surface area (Å²) in [6, 6.07) is 25.8. The second kappa shape index (κ2) is 27.5. The molecule has 0 saturated heterocycles. The zero-order valence-corrected chi connectivity index (χ0v) is 41.0. The molecule has 1 fully saturated rings. The number of anilines is 1. The smallest absolute Gasteiger partial charge is 0.333 e. The number of para-hydroxylation sites is 1. The summed E-state index contributed by atoms with van der Waals surface area (Å²) >= 11 is 1.49. The summed E-state index contributed by atoms with van der Waals surface area (Å²) in [6.07, 6.45) is 8.07. The number of benzene rings is 4. The van der Waals surface area contributed by atoms with E-state index >= 15 is 0 Å². The highest BCUT2D eigenvalue weighted by Gasteiger charge is 2.32. The van der Waals surface area contributed by atoms with Crippen molar-refractivity contribution in [2.45, 2.75) is 71.1 Å². The van der Waals surface area contributed by atoms with Crippen LogP contribution in [0.3, 0.4) is 0 Å². The van der Waals surface area contributed by atoms with E-state index in [0.717, 1.165) is 34.4 Å². The van der Waals surface area contributed by atoms with E-state index < -0.39 is 47.6 Å². The third kappa shape index (κ3) is 16.6. The van der Waals surface area contributed by atoms with Crippen LogP contribution in [-0.4, -0.2) is 74.3 Å². The van der Waals surface area contributed by atoms with Gasteiger partial charge in [-0.05, 0) is 123 Å². The van der Waals surface area contributed by atoms with Gasteiger partial charge in [0.1, 0.15) is 28.7 Å². The van der Waals surface area contributed by atoms with E-state index in [9.17, 15) is 28.8 Å². The molecule has 378 valence electrons. The van der Waals surface area contributed by atoms with Crippen molar-refractivity contribution in [2.24, 2.45) is 22.9 Å². The van der Waals surface area contributed by atoms with E-state index in [2.05, 4.69) is 23.2 Å². The maximum absolute atomic E-state index is 13.7. The third-order valence-corrected chi connectivity index (χ3v) is 12.5. The summed E-state index contributed by atoms with van der Waals surface area (Å²) in [5, 5.41) is 6.97. The van der Waals surface area contributed by atoms with Crippen molar-refractivity contribution in [1.82, 2.24) is 4.98 Å². The lowest BCUT2D eigenvalue weighted by Gasteiger charge is -2.26. The first-order valence-corrected chi connectivity index (χ1v) is 24.3. The molecule has 1 atom stereocenters. The van der Waals surface area contributed by atoms with Crippen LogP contribution in [0.25, 0.3) is 10.2 Å². The van der Waals surface area contributed by atoms with Gasteiger partial charge in [0, 0.05) is 37.6 Å². The van der Waals surface area contributed by atoms with Crippen molar-refractivity contribution in [3.8, 4) is 28.7 Å². The quantitative estimate of drug-likeness (QED) is 0.00962. The van der Waals surface area contributed by atoms with Crippen LogP contribution in [0.15, 0.2) is 121 Å². The number of hydrogen-bond donors (Lipinski definition) is 0. The number of rotatable bonds is 26. The van der Waals surface area contributed by atoms with Crippen LogP contribution < -0.4 is 28.7 Å². The molecule has 1 aliphatic carbocycles. The summed E-state index contributed by atoms with van der Waals surface area (Å²) in [6.45, 7) is 8.15. The maximum Gasteiger partial charge on any atom is 0.333 e. The molecule has 1 aromatic heterocycles. The number of carbonyl (C=O) groups excluding carboxylic acids is 6. The Bertz CT molecular complexity index is 2660. The lowest BCUT2D eigenvalue weighted by Crippen LogP contribution is -2.30. The van der Waals surface area contributed by atoms with Crippen LogP contribution in [-0.2, 0) is 49.4 Å². The molecule has 0 amide bonds. The Morgan fingerprint density at radius 1 is 0.736 bits per heavy atom. The minimum atomic E-state index is -0.611. The predicted octanol–water partition coefficient (Wildman–Crippen LogP) is 9.49. The zero-order valence-electron chi connectivity index (χ0n) is 40.2. The number of esters is 6. The lowest BCUT2D eigenvalue weighted by molar-refractivity contribution is -0.149. The van der Waals surface area contributed by atoms with Gasteiger partial charge >= 0.3 is 35.8 Å². The second-order valence-corrected chi connectivity index (χ2v) is 17.6. The first-order chi connectivity index (χ1) is 34.9. The van der Waals surface area contributed by atoms with Crippen molar-refractivity contribution in [3.05, 3.63) is 127 Å². The molecule has 72 heavy (non-hydrogen) atoms. The largest absolute Gasteiger partial charge is 0.465 e. The highest BCUT2D eigenvalue weighted by Crippen LogP contribution is 2.33. The highest BCUT2D eigenvalue weighted by molar-refractivity contribution is 7.22. The van der Waals surface area contributed by atoms with Gasteiger partial charge in [0.2, 0.25) is 18.7 Å². The van der Waals surface area contributed by atoms with Crippen LogP contribution in [0.5, 0.6) is 28.7 Å². The van der Waals surface area contributed by atoms with Gasteiger partial charge < -0.3 is 37.9 Å². The monoisotopic (exact) mass is 1000 g/mol. The van der Waals surface area contributed by atoms with Gasteiger partial charge in [-0.3, -0.25) is 19.2 Å². The van der Waals surface area contributed by atoms with E-state index in [0.29, 0.717) is 90.8 Å². The first kappa shape index (κ1) is 53.5. The molecular formula is C54H57N3O14S. The van der Waals surface area contributed by atoms with Gasteiger partial charge in [-0.1, -0.05) is 56.0 Å². The fraction of sp³-hybridized carbons (Fsp3) is 0.333. The molecule has 5 aromatic rings. The molecule has 1 saturated carbocycles. The molecule has 0 spiro atoms. The molecule has 17 nitrogen and oxygen atoms in total. The number of carbonyl (C=O) groups is 6. The first-order valence-electron chi connectivity index (χ1n) is 23.5. The van der Waals surface area contributed by atoms with E-state index in [-0.39, 0.29) is 32.6 Å². The number of hydrazone groups is 1. The summed E-state index contributed by atoms with van der Waals surface area (Å²) in [5.41, 5.74) is 2.19. The van der Waals surface area contributed by atoms with Crippen molar-refractivity contribution >= 4 is 68.7 Å². The summed E-state index contributed by atoms with van der Waals surface area (Å²) in [4.78, 5) is 79.8. The molecule has 0 N–H and O–H groups in total. The van der Waals surface area contributed by atoms with Crippen LogP contribution in [0, 0.1) is 17.8 Å². The van der Waals surface area contributed by atoms with Gasteiger partial charge in [0.25, 0.3) is 0 Å². The summed E-state index contributed by atoms with van der Waals surface area (Å²) < 4.78 is 44.1. The molecule has 0 bridgehead atoms. The second-order valence-electron chi connectivity index (χ2n) is 16.6. The Hall–Kier alpha value is -7.86. The zero-order chi connectivity index (χ0) is 51.2. The molecule has 1 heterocycles. The number of ether oxygens (including phenoxy) is 8. The molecule has 0 radical (unpaired) electrons. The van der Waals surface area contributed by atoms with Crippen molar-refractivity contribution < 1.29 is 66.7 Å². The topological polar surface area (TPSA) is 205 Å². The van der Waals surface area contributed by atoms with Gasteiger partial charge in [0.05, 0.1) is 40.8 Å². The molecule has 1 unspecified atom stereocenters. The van der Waals surface area contributed by atoms with E-state index in [1.165, 1.54) is 11.3 Å². The van der Waals surface area contributed by atoms with Gasteiger partial charge in [-0.2, -0.15) is 5.10 Å². The number of fused-ring (bicyclic) bond motifs is 1. The number of hydrogen-bond acceptors (Lipinski definition) is 18. The molecular weight excluding hydrogens is 947 g/mol. The predicted molar refractivity (Wildman–Crippen MR) is 268 cm³/mol. The Balaban J connectivity index is 1.01. The van der Waals surface area contributed by atoms with Crippen LogP contribution in [0.1, 0.15) is 75.8 Å². The number of aromatic nitrogens is 1. The van der Waals surface area contributed by atoms with E-state index in [1.807, 2.05) is 43.3 Å². The van der Waals surface area contributed by atoms with Gasteiger partial charge in [-0.15, -0.1) is 0 Å². The summed E-state index contributed by atoms with van der Waals surface area (Å²) in [5.74, 6) is -2.30. The van der Waals surface area contributed by atoms with Crippen LogP contribution >= 0.6 is 11.3 Å². The average molecular weight is 1000 g/mol. The minimum absolute atomic E-state index is 0.0965. The summed E-state index contributed by atoms with van der Waals surface area (Å²) in [7, 11) is 1.78. The average Bonchev–Trinajstić information content (AvgIpc) is 3.84. The third-order valence-electron chi connectivity index (χ3n) is 11.4. The molecule has 1 aliphatic rings. The Morgan fingerprint density at radius 3 is 1.92 bits per heavy atom. The Labute approximate surface area is 421 Å². The molecule has 6 rings (SSSR count). The fourth-order valence-electron chi connectivity index (χ4n) is 7.53. The number of nitrogens with zero attached hydrogens (tertiary/aromatic N) is 3. The Morgan fingerprint density at radius 2 is 1.32 bits per heavy atom. The van der Waals surface area contributed by atoms with Crippen LogP contribution in [0.2, 0.25) is 0 Å². The highest BCUT2D eigenvalue weighted by atomic mass is 32.1. The van der Waals surface area contributed by atoms with Crippen molar-refractivity contribution in [3.63, 3.8) is 0 Å². The number of thiazole rings is 1. The van der Waals surface area contributed by atoms with E-state index in [4.69, 9.17) is 37.9 Å². The maximum atomic E-state index is 13.7. The van der Waals surface area contributed by atoms with E-state index in [1.54, 1.807) is 72.9 Å². The van der Waals surface area contributed by atoms with Crippen molar-refractivity contribution in [1.29, 1.82) is 0 Å². The Kier molecular flexibility index (Phi) is 20.4. The minimum Gasteiger partial charge on any atom is -0.465 e. The fourth-order valence-corrected chi connectivity index (χ4v) is 8.41. The standard InChI is InChI=1S/C54H57N3O14S/c1-5-11-37(12-10-15-50(60)69-43-25-21-41(22-26-43)65-34-67-48(58)6-2)51(61)64-31-30-36-16-29-46(40(32-36)33-55-57(4)54-56-45-13-8-9-14-47(45)72-54)71-53(63)39-19-17-38(18-20-39)52(62)70-44-27-23-42(24-28-44)66-35-68-49(59)7-3/h6-9,13-14,16,21-29,32-33,37-39H,2-3,5,10-12,15,17-20,30-31,34-35H2,1,4H3/b55-33+. The lowest BCUT2D eigenvalue weighted by atomic mass is 9.82.